The summed E-state index contributed by atoms with van der Waals surface area (Å²) in [7, 11) is 0. The van der Waals surface area contributed by atoms with E-state index in [1.807, 2.05) is 11.1 Å². The van der Waals surface area contributed by atoms with Crippen molar-refractivity contribution in [2.75, 3.05) is 0 Å². The second kappa shape index (κ2) is 3.80. The number of rotatable bonds is 1. The molecule has 0 spiro atoms. The Morgan fingerprint density at radius 1 is 0.938 bits per heavy atom. The molecule has 0 saturated carbocycles. The van der Waals surface area contributed by atoms with E-state index in [9.17, 15) is 0 Å². The maximum atomic E-state index is 3.41. The van der Waals surface area contributed by atoms with Gasteiger partial charge in [0, 0.05) is 21.8 Å². The average Bonchev–Trinajstić information content (AvgIpc) is 2.68. The summed E-state index contributed by atoms with van der Waals surface area (Å²) in [5, 5.41) is 2.56. The Kier molecular flexibility index (Phi) is 2.29. The molecular weight excluding hydrogens is 262 g/mol. The Labute approximate surface area is 102 Å². The lowest BCUT2D eigenvalue weighted by molar-refractivity contribution is 1.54. The van der Waals surface area contributed by atoms with Crippen LogP contribution in [0.25, 0.3) is 27.9 Å². The largest absolute Gasteiger partial charge is 0.355 e. The lowest BCUT2D eigenvalue weighted by Crippen LogP contribution is -1.71. The van der Waals surface area contributed by atoms with Gasteiger partial charge < -0.3 is 4.98 Å². The molecule has 0 amide bonds. The molecule has 2 aromatic carbocycles. The number of hydrogen-bond acceptors (Lipinski definition) is 0. The first kappa shape index (κ1) is 9.67. The fraction of sp³-hybridized carbons (Fsp3) is 0. The monoisotopic (exact) mass is 271 g/mol. The van der Waals surface area contributed by atoms with E-state index in [2.05, 4.69) is 63.4 Å². The number of aromatic nitrogens is 1. The van der Waals surface area contributed by atoms with Crippen molar-refractivity contribution in [3.63, 3.8) is 0 Å². The molecule has 0 saturated heterocycles. The number of benzene rings is 2. The van der Waals surface area contributed by atoms with Crippen molar-refractivity contribution in [3.05, 3.63) is 53.0 Å². The molecule has 0 unspecified atom stereocenters. The molecule has 1 nitrogen and oxygen atoms in total. The highest BCUT2D eigenvalue weighted by Crippen LogP contribution is 2.26. The van der Waals surface area contributed by atoms with Crippen LogP contribution in [-0.2, 0) is 0 Å². The highest BCUT2D eigenvalue weighted by Gasteiger charge is 2.02. The van der Waals surface area contributed by atoms with Gasteiger partial charge in [0.15, 0.2) is 0 Å². The van der Waals surface area contributed by atoms with E-state index in [1.54, 1.807) is 0 Å². The van der Waals surface area contributed by atoms with E-state index in [0.29, 0.717) is 0 Å². The number of nitrogens with one attached hydrogen (secondary N) is 1. The molecule has 78 valence electrons. The lowest BCUT2D eigenvalue weighted by Gasteiger charge is -1.94. The predicted octanol–water partition coefficient (Wildman–Crippen LogP) is 4.69. The zero-order valence-electron chi connectivity index (χ0n) is 8.57. The van der Waals surface area contributed by atoms with Crippen LogP contribution in [0.3, 0.4) is 0 Å². The number of hydrogen-bond donors (Lipinski definition) is 1. The third-order valence-electron chi connectivity index (χ3n) is 2.79. The summed E-state index contributed by atoms with van der Waals surface area (Å²) in [5.41, 5.74) is 3.58. The fourth-order valence-corrected chi connectivity index (χ4v) is 2.35. The van der Waals surface area contributed by atoms with Crippen LogP contribution in [0.2, 0.25) is 0 Å². The molecule has 0 bridgehead atoms. The number of H-pyrrole nitrogens is 1. The van der Waals surface area contributed by atoms with E-state index in [1.165, 1.54) is 27.4 Å². The number of para-hydroxylation sites is 1. The molecule has 0 fully saturated rings. The maximum Gasteiger partial charge on any atom is 0.0465 e. The van der Waals surface area contributed by atoms with Crippen molar-refractivity contribution >= 4 is 43.8 Å². The topological polar surface area (TPSA) is 15.8 Å². The molecule has 0 radical (unpaired) electrons. The summed E-state index contributed by atoms with van der Waals surface area (Å²) in [6.07, 6.45) is 2.04. The smallest absolute Gasteiger partial charge is 0.0465 e. The standard InChI is InChI=1S/C14H10BrN/c15-8-7-10-5-6-14-12(9-10)11-3-1-2-4-13(11)16-14/h1-9,16H. The minimum atomic E-state index is 1.19. The van der Waals surface area contributed by atoms with Gasteiger partial charge in [-0.25, -0.2) is 0 Å². The van der Waals surface area contributed by atoms with Gasteiger partial charge in [-0.05, 0) is 34.8 Å². The Bertz CT molecular complexity index is 679. The average molecular weight is 272 g/mol. The lowest BCUT2D eigenvalue weighted by atomic mass is 10.1. The number of fused-ring (bicyclic) bond motifs is 3. The minimum absolute atomic E-state index is 1.19. The van der Waals surface area contributed by atoms with Crippen LogP contribution in [-0.4, -0.2) is 4.98 Å². The van der Waals surface area contributed by atoms with E-state index >= 15 is 0 Å². The Morgan fingerprint density at radius 3 is 2.62 bits per heavy atom. The van der Waals surface area contributed by atoms with E-state index in [-0.39, 0.29) is 0 Å². The summed E-state index contributed by atoms with van der Waals surface area (Å²) in [6, 6.07) is 14.8. The molecule has 0 aliphatic heterocycles. The second-order valence-electron chi connectivity index (χ2n) is 3.77. The predicted molar refractivity (Wildman–Crippen MR) is 73.8 cm³/mol. The summed E-state index contributed by atoms with van der Waals surface area (Å²) in [6.45, 7) is 0. The van der Waals surface area contributed by atoms with Gasteiger partial charge in [0.1, 0.15) is 0 Å². The van der Waals surface area contributed by atoms with Gasteiger partial charge in [0.25, 0.3) is 0 Å². The summed E-state index contributed by atoms with van der Waals surface area (Å²) in [4.78, 5) is 5.29. The molecule has 1 heterocycles. The van der Waals surface area contributed by atoms with Gasteiger partial charge in [-0.1, -0.05) is 40.2 Å². The van der Waals surface area contributed by atoms with Crippen molar-refractivity contribution in [1.29, 1.82) is 0 Å². The van der Waals surface area contributed by atoms with Crippen molar-refractivity contribution < 1.29 is 0 Å². The fourth-order valence-electron chi connectivity index (χ4n) is 2.04. The van der Waals surface area contributed by atoms with Gasteiger partial charge in [-0.3, -0.25) is 0 Å². The van der Waals surface area contributed by atoms with E-state index in [0.717, 1.165) is 0 Å². The van der Waals surface area contributed by atoms with Crippen LogP contribution in [0.4, 0.5) is 0 Å². The first-order chi connectivity index (χ1) is 7.88. The van der Waals surface area contributed by atoms with Gasteiger partial charge in [0.2, 0.25) is 0 Å². The Morgan fingerprint density at radius 2 is 1.75 bits per heavy atom. The molecule has 0 atom stereocenters. The van der Waals surface area contributed by atoms with Crippen LogP contribution in [0.15, 0.2) is 47.4 Å². The number of halogens is 1. The third-order valence-corrected chi connectivity index (χ3v) is 3.05. The van der Waals surface area contributed by atoms with E-state index in [4.69, 9.17) is 0 Å². The van der Waals surface area contributed by atoms with Crippen molar-refractivity contribution in [2.24, 2.45) is 0 Å². The van der Waals surface area contributed by atoms with Gasteiger partial charge in [0.05, 0.1) is 0 Å². The second-order valence-corrected chi connectivity index (χ2v) is 4.30. The van der Waals surface area contributed by atoms with Gasteiger partial charge in [-0.2, -0.15) is 0 Å². The van der Waals surface area contributed by atoms with E-state index < -0.39 is 0 Å². The minimum Gasteiger partial charge on any atom is -0.355 e. The summed E-state index contributed by atoms with van der Waals surface area (Å²) >= 11 is 3.30. The van der Waals surface area contributed by atoms with Crippen LogP contribution in [0.1, 0.15) is 5.56 Å². The molecule has 1 aromatic heterocycles. The molecule has 16 heavy (non-hydrogen) atoms. The molecule has 2 heteroatoms. The van der Waals surface area contributed by atoms with Gasteiger partial charge in [-0.15, -0.1) is 0 Å². The van der Waals surface area contributed by atoms with Crippen molar-refractivity contribution in [3.8, 4) is 0 Å². The van der Waals surface area contributed by atoms with Crippen LogP contribution in [0, 0.1) is 0 Å². The Hall–Kier alpha value is -1.54. The number of aromatic amines is 1. The van der Waals surface area contributed by atoms with Gasteiger partial charge >= 0.3 is 0 Å². The van der Waals surface area contributed by atoms with Crippen molar-refractivity contribution in [1.82, 2.24) is 4.98 Å². The SMILES string of the molecule is BrC=Cc1ccc2[nH]c3ccccc3c2c1. The maximum absolute atomic E-state index is 3.41. The van der Waals surface area contributed by atoms with Crippen LogP contribution < -0.4 is 0 Å². The molecular formula is C14H10BrN. The molecule has 1 N–H and O–H groups in total. The van der Waals surface area contributed by atoms with Crippen LogP contribution >= 0.6 is 15.9 Å². The zero-order chi connectivity index (χ0) is 11.0. The normalized spacial score (nSPS) is 11.8. The first-order valence-corrected chi connectivity index (χ1v) is 6.07. The molecule has 0 aliphatic carbocycles. The summed E-state index contributed by atoms with van der Waals surface area (Å²) < 4.78 is 0. The van der Waals surface area contributed by atoms with Crippen molar-refractivity contribution in [2.45, 2.75) is 0 Å². The van der Waals surface area contributed by atoms with Crippen LogP contribution in [0.5, 0.6) is 0 Å². The molecule has 0 aliphatic rings. The quantitative estimate of drug-likeness (QED) is 0.661. The molecule has 3 aromatic rings. The highest BCUT2D eigenvalue weighted by atomic mass is 79.9. The summed E-state index contributed by atoms with van der Waals surface area (Å²) in [5.74, 6) is 0. The Balaban J connectivity index is 2.39. The molecule has 3 rings (SSSR count). The first-order valence-electron chi connectivity index (χ1n) is 5.16. The zero-order valence-corrected chi connectivity index (χ0v) is 10.2. The third kappa shape index (κ3) is 1.46. The highest BCUT2D eigenvalue weighted by molar-refractivity contribution is 9.11.